The smallest absolute Gasteiger partial charge is 0.138 e. The SMILES string of the molecule is COc1cc(Cl)c(C(Br)Cc2ccc(Cl)cc2)cc1Cl. The first-order valence-electron chi connectivity index (χ1n) is 5.92. The molecule has 20 heavy (non-hydrogen) atoms. The molecule has 2 rings (SSSR count). The second-order valence-corrected chi connectivity index (χ2v) is 6.66. The Balaban J connectivity index is 2.22. The monoisotopic (exact) mass is 392 g/mol. The largest absolute Gasteiger partial charge is 0.495 e. The lowest BCUT2D eigenvalue weighted by atomic mass is 10.0. The Labute approximate surface area is 141 Å². The highest BCUT2D eigenvalue weighted by atomic mass is 79.9. The van der Waals surface area contributed by atoms with Crippen LogP contribution in [0.15, 0.2) is 36.4 Å². The van der Waals surface area contributed by atoms with Crippen LogP contribution in [0, 0.1) is 0 Å². The van der Waals surface area contributed by atoms with Crippen molar-refractivity contribution in [3.8, 4) is 5.75 Å². The fraction of sp³-hybridized carbons (Fsp3) is 0.200. The average Bonchev–Trinajstić information content (AvgIpc) is 2.43. The molecule has 1 nitrogen and oxygen atoms in total. The highest BCUT2D eigenvalue weighted by molar-refractivity contribution is 9.09. The minimum Gasteiger partial charge on any atom is -0.495 e. The van der Waals surface area contributed by atoms with E-state index in [9.17, 15) is 0 Å². The molecule has 0 aliphatic heterocycles. The zero-order valence-electron chi connectivity index (χ0n) is 10.7. The Hall–Kier alpha value is -0.410. The molecule has 2 aromatic carbocycles. The van der Waals surface area contributed by atoms with Gasteiger partial charge in [-0.15, -0.1) is 0 Å². The van der Waals surface area contributed by atoms with Gasteiger partial charge in [-0.25, -0.2) is 0 Å². The molecule has 0 radical (unpaired) electrons. The van der Waals surface area contributed by atoms with Crippen LogP contribution in [0.1, 0.15) is 16.0 Å². The zero-order valence-corrected chi connectivity index (χ0v) is 14.5. The van der Waals surface area contributed by atoms with Gasteiger partial charge in [0.15, 0.2) is 0 Å². The van der Waals surface area contributed by atoms with Crippen molar-refractivity contribution >= 4 is 50.7 Å². The van der Waals surface area contributed by atoms with Gasteiger partial charge in [-0.05, 0) is 35.7 Å². The first kappa shape index (κ1) is 16.0. The quantitative estimate of drug-likeness (QED) is 0.550. The zero-order chi connectivity index (χ0) is 14.7. The van der Waals surface area contributed by atoms with Crippen LogP contribution in [-0.2, 0) is 6.42 Å². The van der Waals surface area contributed by atoms with Crippen molar-refractivity contribution in [3.63, 3.8) is 0 Å². The summed E-state index contributed by atoms with van der Waals surface area (Å²) in [6.07, 6.45) is 0.791. The molecule has 0 fully saturated rings. The van der Waals surface area contributed by atoms with E-state index in [1.165, 1.54) is 5.56 Å². The molecule has 0 amide bonds. The van der Waals surface area contributed by atoms with Gasteiger partial charge in [0, 0.05) is 20.9 Å². The van der Waals surface area contributed by atoms with Crippen molar-refractivity contribution in [1.82, 2.24) is 0 Å². The van der Waals surface area contributed by atoms with Gasteiger partial charge in [0.2, 0.25) is 0 Å². The second-order valence-electron chi connectivity index (χ2n) is 4.31. The van der Waals surface area contributed by atoms with Crippen LogP contribution in [0.5, 0.6) is 5.75 Å². The van der Waals surface area contributed by atoms with Gasteiger partial charge in [-0.1, -0.05) is 62.9 Å². The molecule has 0 bridgehead atoms. The summed E-state index contributed by atoms with van der Waals surface area (Å²) in [5, 5.41) is 1.90. The summed E-state index contributed by atoms with van der Waals surface area (Å²) in [6.45, 7) is 0. The third-order valence-corrected chi connectivity index (χ3v) is 4.63. The fourth-order valence-corrected chi connectivity index (χ4v) is 3.42. The van der Waals surface area contributed by atoms with Gasteiger partial charge in [0.05, 0.1) is 12.1 Å². The Kier molecular flexibility index (Phi) is 5.62. The van der Waals surface area contributed by atoms with Gasteiger partial charge in [-0.3, -0.25) is 0 Å². The number of hydrogen-bond donors (Lipinski definition) is 0. The summed E-state index contributed by atoms with van der Waals surface area (Å²) < 4.78 is 5.15. The number of alkyl halides is 1. The molecule has 1 unspecified atom stereocenters. The molecule has 1 atom stereocenters. The first-order chi connectivity index (χ1) is 9.51. The van der Waals surface area contributed by atoms with E-state index < -0.39 is 0 Å². The molecule has 0 heterocycles. The van der Waals surface area contributed by atoms with E-state index >= 15 is 0 Å². The van der Waals surface area contributed by atoms with Crippen molar-refractivity contribution in [3.05, 3.63) is 62.6 Å². The Bertz CT molecular complexity index is 599. The Morgan fingerprint density at radius 2 is 1.70 bits per heavy atom. The summed E-state index contributed by atoms with van der Waals surface area (Å²) in [7, 11) is 1.57. The molecule has 2 aromatic rings. The summed E-state index contributed by atoms with van der Waals surface area (Å²) in [5.41, 5.74) is 2.10. The molecule has 0 saturated heterocycles. The number of benzene rings is 2. The lowest BCUT2D eigenvalue weighted by Gasteiger charge is -2.14. The van der Waals surface area contributed by atoms with E-state index in [0.29, 0.717) is 15.8 Å². The number of methoxy groups -OCH3 is 1. The number of halogens is 4. The highest BCUT2D eigenvalue weighted by Gasteiger charge is 2.15. The summed E-state index contributed by atoms with van der Waals surface area (Å²) in [5.74, 6) is 0.576. The normalized spacial score (nSPS) is 12.2. The minimum atomic E-state index is 0.0691. The fourth-order valence-electron chi connectivity index (χ4n) is 1.88. The van der Waals surface area contributed by atoms with Gasteiger partial charge < -0.3 is 4.74 Å². The molecule has 106 valence electrons. The van der Waals surface area contributed by atoms with Crippen LogP contribution in [-0.4, -0.2) is 7.11 Å². The minimum absolute atomic E-state index is 0.0691. The van der Waals surface area contributed by atoms with Crippen LogP contribution in [0.3, 0.4) is 0 Å². The highest BCUT2D eigenvalue weighted by Crippen LogP contribution is 2.38. The van der Waals surface area contributed by atoms with Crippen molar-refractivity contribution in [1.29, 1.82) is 0 Å². The van der Waals surface area contributed by atoms with Gasteiger partial charge in [-0.2, -0.15) is 0 Å². The maximum Gasteiger partial charge on any atom is 0.138 e. The maximum absolute atomic E-state index is 6.28. The molecule has 0 spiro atoms. The second kappa shape index (κ2) is 7.04. The average molecular weight is 395 g/mol. The predicted octanol–water partition coefficient (Wildman–Crippen LogP) is 6.33. The van der Waals surface area contributed by atoms with Crippen LogP contribution < -0.4 is 4.74 Å². The van der Waals surface area contributed by atoms with E-state index in [2.05, 4.69) is 15.9 Å². The van der Waals surface area contributed by atoms with E-state index in [0.717, 1.165) is 17.0 Å². The summed E-state index contributed by atoms with van der Waals surface area (Å²) in [6, 6.07) is 11.3. The van der Waals surface area contributed by atoms with Gasteiger partial charge >= 0.3 is 0 Å². The van der Waals surface area contributed by atoms with E-state index in [4.69, 9.17) is 39.5 Å². The van der Waals surface area contributed by atoms with Crippen LogP contribution in [0.4, 0.5) is 0 Å². The molecule has 0 aliphatic carbocycles. The molecular weight excluding hydrogens is 382 g/mol. The van der Waals surface area contributed by atoms with E-state index in [1.54, 1.807) is 13.2 Å². The van der Waals surface area contributed by atoms with E-state index in [-0.39, 0.29) is 4.83 Å². The van der Waals surface area contributed by atoms with Crippen LogP contribution in [0.25, 0.3) is 0 Å². The molecular formula is C15H12BrCl3O. The lowest BCUT2D eigenvalue weighted by Crippen LogP contribution is -1.97. The predicted molar refractivity (Wildman–Crippen MR) is 89.8 cm³/mol. The molecule has 0 N–H and O–H groups in total. The number of rotatable bonds is 4. The third kappa shape index (κ3) is 3.82. The number of hydrogen-bond acceptors (Lipinski definition) is 1. The molecule has 5 heteroatoms. The van der Waals surface area contributed by atoms with Crippen LogP contribution in [0.2, 0.25) is 15.1 Å². The van der Waals surface area contributed by atoms with Crippen LogP contribution >= 0.6 is 50.7 Å². The van der Waals surface area contributed by atoms with Crippen molar-refractivity contribution in [2.75, 3.05) is 7.11 Å². The Morgan fingerprint density at radius 3 is 2.30 bits per heavy atom. The molecule has 0 aliphatic rings. The topological polar surface area (TPSA) is 9.23 Å². The van der Waals surface area contributed by atoms with Crippen molar-refractivity contribution in [2.45, 2.75) is 11.2 Å². The number of ether oxygens (including phenoxy) is 1. The molecule has 0 aromatic heterocycles. The maximum atomic E-state index is 6.28. The summed E-state index contributed by atoms with van der Waals surface area (Å²) in [4.78, 5) is 0.0691. The third-order valence-electron chi connectivity index (χ3n) is 2.94. The van der Waals surface area contributed by atoms with E-state index in [1.807, 2.05) is 30.3 Å². The lowest BCUT2D eigenvalue weighted by molar-refractivity contribution is 0.415. The summed E-state index contributed by atoms with van der Waals surface area (Å²) >= 11 is 22.0. The van der Waals surface area contributed by atoms with Gasteiger partial charge in [0.25, 0.3) is 0 Å². The van der Waals surface area contributed by atoms with Crippen molar-refractivity contribution in [2.24, 2.45) is 0 Å². The first-order valence-corrected chi connectivity index (χ1v) is 7.97. The van der Waals surface area contributed by atoms with Gasteiger partial charge in [0.1, 0.15) is 5.75 Å². The standard InChI is InChI=1S/C15H12BrCl3O/c1-20-15-8-13(18)11(7-14(15)19)12(16)6-9-2-4-10(17)5-3-9/h2-5,7-8,12H,6H2,1H3. The molecule has 0 saturated carbocycles. The Morgan fingerprint density at radius 1 is 1.05 bits per heavy atom. The van der Waals surface area contributed by atoms with Crippen molar-refractivity contribution < 1.29 is 4.74 Å².